The number of carboxylic acids is 1. The molecule has 1 aromatic heterocycles. The first-order chi connectivity index (χ1) is 14.1. The maximum absolute atomic E-state index is 14.4. The number of aromatic nitrogens is 2. The second kappa shape index (κ2) is 8.70. The van der Waals surface area contributed by atoms with Gasteiger partial charge in [0.25, 0.3) is 5.91 Å². The van der Waals surface area contributed by atoms with Crippen molar-refractivity contribution in [3.8, 4) is 0 Å². The average Bonchev–Trinajstić information content (AvgIpc) is 2.97. The summed E-state index contributed by atoms with van der Waals surface area (Å²) >= 11 is 0. The van der Waals surface area contributed by atoms with Gasteiger partial charge in [-0.25, -0.2) is 19.2 Å². The lowest BCUT2D eigenvalue weighted by molar-refractivity contribution is -0.192. The molecular formula is C18H22F4N4O4. The summed E-state index contributed by atoms with van der Waals surface area (Å²) in [6.45, 7) is 3.09. The number of carbonyl (C=O) groups excluding carboxylic acids is 1. The van der Waals surface area contributed by atoms with Gasteiger partial charge in [-0.15, -0.1) is 0 Å². The third-order valence-corrected chi connectivity index (χ3v) is 5.42. The maximum atomic E-state index is 14.4. The molecule has 0 radical (unpaired) electrons. The van der Waals surface area contributed by atoms with Crippen molar-refractivity contribution in [2.45, 2.75) is 37.2 Å². The summed E-state index contributed by atoms with van der Waals surface area (Å²) in [5.74, 6) is -2.24. The van der Waals surface area contributed by atoms with E-state index >= 15 is 0 Å². The molecular weight excluding hydrogens is 412 g/mol. The molecule has 2 atom stereocenters. The number of aliphatic carboxylic acids is 1. The fourth-order valence-electron chi connectivity index (χ4n) is 3.68. The number of anilines is 1. The molecule has 0 bridgehead atoms. The second-order valence-electron chi connectivity index (χ2n) is 7.50. The van der Waals surface area contributed by atoms with Crippen LogP contribution >= 0.6 is 0 Å². The van der Waals surface area contributed by atoms with Gasteiger partial charge in [0.05, 0.1) is 12.7 Å². The number of ether oxygens (including phenoxy) is 1. The topological polar surface area (TPSA) is 95.9 Å². The highest BCUT2D eigenvalue weighted by Crippen LogP contribution is 2.39. The Morgan fingerprint density at radius 3 is 2.33 bits per heavy atom. The minimum absolute atomic E-state index is 0.0173. The first-order valence-corrected chi connectivity index (χ1v) is 9.52. The van der Waals surface area contributed by atoms with Crippen LogP contribution in [0.15, 0.2) is 18.5 Å². The van der Waals surface area contributed by atoms with Crippen LogP contribution in [0.4, 0.5) is 23.5 Å². The fraction of sp³-hybridized carbons (Fsp3) is 0.667. The van der Waals surface area contributed by atoms with Crippen molar-refractivity contribution < 1.29 is 37.0 Å². The molecule has 1 aliphatic carbocycles. The molecule has 3 aliphatic rings. The smallest absolute Gasteiger partial charge is 0.475 e. The van der Waals surface area contributed by atoms with Crippen molar-refractivity contribution in [3.63, 3.8) is 0 Å². The predicted molar refractivity (Wildman–Crippen MR) is 95.4 cm³/mol. The van der Waals surface area contributed by atoms with Gasteiger partial charge >= 0.3 is 12.1 Å². The van der Waals surface area contributed by atoms with Gasteiger partial charge in [-0.1, -0.05) is 0 Å². The number of halogens is 4. The third-order valence-electron chi connectivity index (χ3n) is 5.42. The minimum atomic E-state index is -5.08. The van der Waals surface area contributed by atoms with E-state index in [4.69, 9.17) is 14.6 Å². The van der Waals surface area contributed by atoms with E-state index in [2.05, 4.69) is 14.9 Å². The summed E-state index contributed by atoms with van der Waals surface area (Å²) < 4.78 is 52.0. The molecule has 3 fully saturated rings. The Bertz CT molecular complexity index is 760. The van der Waals surface area contributed by atoms with E-state index in [0.717, 1.165) is 19.5 Å². The van der Waals surface area contributed by atoms with Crippen LogP contribution in [0.5, 0.6) is 0 Å². The Morgan fingerprint density at radius 1 is 1.17 bits per heavy atom. The van der Waals surface area contributed by atoms with Crippen LogP contribution in [0.1, 0.15) is 19.3 Å². The summed E-state index contributed by atoms with van der Waals surface area (Å²) in [6.07, 6.45) is -0.126. The van der Waals surface area contributed by atoms with Gasteiger partial charge in [-0.2, -0.15) is 13.2 Å². The zero-order valence-corrected chi connectivity index (χ0v) is 16.0. The molecule has 4 rings (SSSR count). The van der Waals surface area contributed by atoms with E-state index in [1.807, 2.05) is 0 Å². The van der Waals surface area contributed by atoms with E-state index in [1.165, 1.54) is 0 Å². The molecule has 0 spiro atoms. The number of carbonyl (C=O) groups is 2. The molecule has 3 heterocycles. The third kappa shape index (κ3) is 4.97. The highest BCUT2D eigenvalue weighted by atomic mass is 19.4. The predicted octanol–water partition coefficient (Wildman–Crippen LogP) is 1.67. The van der Waals surface area contributed by atoms with Crippen molar-refractivity contribution in [1.82, 2.24) is 14.9 Å². The van der Waals surface area contributed by atoms with Gasteiger partial charge in [0.2, 0.25) is 5.95 Å². The molecule has 166 valence electrons. The molecule has 30 heavy (non-hydrogen) atoms. The van der Waals surface area contributed by atoms with Crippen molar-refractivity contribution >= 4 is 17.8 Å². The first kappa shape index (κ1) is 22.2. The molecule has 0 aromatic carbocycles. The van der Waals surface area contributed by atoms with Crippen molar-refractivity contribution in [1.29, 1.82) is 0 Å². The summed E-state index contributed by atoms with van der Waals surface area (Å²) in [5, 5.41) is 7.12. The van der Waals surface area contributed by atoms with Crippen LogP contribution in [0, 0.1) is 5.92 Å². The summed E-state index contributed by atoms with van der Waals surface area (Å²) in [5.41, 5.74) is -1.62. The van der Waals surface area contributed by atoms with Gasteiger partial charge in [-0.05, 0) is 25.3 Å². The lowest BCUT2D eigenvalue weighted by Crippen LogP contribution is -2.50. The number of fused-ring (bicyclic) bond motifs is 1. The normalized spacial score (nSPS) is 25.3. The number of hydrogen-bond acceptors (Lipinski definition) is 6. The van der Waals surface area contributed by atoms with E-state index < -0.39 is 17.8 Å². The van der Waals surface area contributed by atoms with Crippen molar-refractivity contribution in [3.05, 3.63) is 18.5 Å². The maximum Gasteiger partial charge on any atom is 0.490 e. The van der Waals surface area contributed by atoms with E-state index in [-0.39, 0.29) is 17.9 Å². The van der Waals surface area contributed by atoms with E-state index in [1.54, 1.807) is 23.4 Å². The van der Waals surface area contributed by atoms with Crippen molar-refractivity contribution in [2.75, 3.05) is 37.7 Å². The number of hydrogen-bond donors (Lipinski definition) is 1. The van der Waals surface area contributed by atoms with E-state index in [9.17, 15) is 22.4 Å². The van der Waals surface area contributed by atoms with Crippen LogP contribution in [0.25, 0.3) is 0 Å². The highest BCUT2D eigenvalue weighted by Gasteiger charge is 2.50. The molecule has 2 aliphatic heterocycles. The van der Waals surface area contributed by atoms with Crippen molar-refractivity contribution in [2.24, 2.45) is 5.92 Å². The zero-order chi connectivity index (χ0) is 21.9. The van der Waals surface area contributed by atoms with Gasteiger partial charge in [0.15, 0.2) is 5.67 Å². The zero-order valence-electron chi connectivity index (χ0n) is 16.0. The number of carboxylic acid groups (broad SMARTS) is 1. The largest absolute Gasteiger partial charge is 0.490 e. The summed E-state index contributed by atoms with van der Waals surface area (Å²) in [7, 11) is 0. The fourth-order valence-corrected chi connectivity index (χ4v) is 3.68. The number of rotatable bonds is 2. The molecule has 0 unspecified atom stereocenters. The number of alkyl halides is 4. The SMILES string of the molecule is O=C(N1C[C@@H]2CN(c3ncccn3)CCO[C@@H]2C1)C1(F)CCC1.O=C(O)C(F)(F)F. The highest BCUT2D eigenvalue weighted by molar-refractivity contribution is 5.86. The molecule has 1 amide bonds. The molecule has 1 N–H and O–H groups in total. The number of amides is 1. The summed E-state index contributed by atoms with van der Waals surface area (Å²) in [6, 6.07) is 1.79. The Kier molecular flexibility index (Phi) is 6.44. The van der Waals surface area contributed by atoms with Gasteiger partial charge in [0, 0.05) is 44.5 Å². The number of likely N-dealkylation sites (tertiary alicyclic amines) is 1. The molecule has 8 nitrogen and oxygen atoms in total. The lowest BCUT2D eigenvalue weighted by atomic mass is 9.81. The standard InChI is InChI=1S/C16H21FN4O2.C2HF3O2/c17-16(3-1-4-16)14(22)21-10-12-9-20(7-8-23-13(12)11-21)15-18-5-2-6-19-15;3-2(4,5)1(6)7/h2,5-6,12-13H,1,3-4,7-11H2;(H,6,7)/t12-,13+;/m0./s1. The molecule has 1 saturated carbocycles. The Labute approximate surface area is 169 Å². The van der Waals surface area contributed by atoms with Crippen LogP contribution in [0.3, 0.4) is 0 Å². The number of nitrogens with zero attached hydrogens (tertiary/aromatic N) is 4. The van der Waals surface area contributed by atoms with Crippen LogP contribution < -0.4 is 4.90 Å². The quantitative estimate of drug-likeness (QED) is 0.708. The molecule has 12 heteroatoms. The van der Waals surface area contributed by atoms with Gasteiger partial charge in [0.1, 0.15) is 0 Å². The molecule has 1 aromatic rings. The van der Waals surface area contributed by atoms with Gasteiger partial charge in [-0.3, -0.25) is 4.79 Å². The minimum Gasteiger partial charge on any atom is -0.475 e. The Morgan fingerprint density at radius 2 is 1.80 bits per heavy atom. The Balaban J connectivity index is 0.000000318. The van der Waals surface area contributed by atoms with Crippen LogP contribution in [0.2, 0.25) is 0 Å². The Hall–Kier alpha value is -2.50. The summed E-state index contributed by atoms with van der Waals surface area (Å²) in [4.78, 5) is 33.6. The lowest BCUT2D eigenvalue weighted by Gasteiger charge is -2.35. The van der Waals surface area contributed by atoms with Gasteiger partial charge < -0.3 is 19.6 Å². The first-order valence-electron chi connectivity index (χ1n) is 9.52. The average molecular weight is 434 g/mol. The monoisotopic (exact) mass is 434 g/mol. The van der Waals surface area contributed by atoms with Crippen LogP contribution in [-0.2, 0) is 14.3 Å². The second-order valence-corrected chi connectivity index (χ2v) is 7.50. The molecule has 2 saturated heterocycles. The van der Waals surface area contributed by atoms with Crippen LogP contribution in [-0.4, -0.2) is 82.6 Å². The van der Waals surface area contributed by atoms with E-state index in [0.29, 0.717) is 38.5 Å².